The molecule has 1 unspecified atom stereocenters. The van der Waals surface area contributed by atoms with Crippen LogP contribution in [0.2, 0.25) is 0 Å². The van der Waals surface area contributed by atoms with Gasteiger partial charge in [0.15, 0.2) is 11.9 Å². The van der Waals surface area contributed by atoms with Crippen LogP contribution in [0.15, 0.2) is 0 Å². The highest BCUT2D eigenvalue weighted by molar-refractivity contribution is 7.85. The van der Waals surface area contributed by atoms with E-state index in [-0.39, 0.29) is 18.4 Å². The quantitative estimate of drug-likeness (QED) is 0.561. The summed E-state index contributed by atoms with van der Waals surface area (Å²) in [4.78, 5) is 11.7. The Morgan fingerprint density at radius 2 is 1.88 bits per heavy atom. The van der Waals surface area contributed by atoms with Crippen molar-refractivity contribution in [1.82, 2.24) is 0 Å². The van der Waals surface area contributed by atoms with Crippen LogP contribution in [0.1, 0.15) is 46.5 Å². The summed E-state index contributed by atoms with van der Waals surface area (Å²) < 4.78 is 40.4. The predicted molar refractivity (Wildman–Crippen MR) is 83.1 cm³/mol. The monoisotopic (exact) mass is 362 g/mol. The highest BCUT2D eigenvalue weighted by atomic mass is 32.2. The molecule has 0 radical (unpaired) electrons. The minimum Gasteiger partial charge on any atom is -0.340 e. The van der Waals surface area contributed by atoms with Crippen molar-refractivity contribution in [3.05, 3.63) is 0 Å². The van der Waals surface area contributed by atoms with Crippen molar-refractivity contribution < 1.29 is 31.8 Å². The zero-order valence-electron chi connectivity index (χ0n) is 14.6. The second kappa shape index (κ2) is 5.14. The maximum Gasteiger partial charge on any atom is 0.264 e. The van der Waals surface area contributed by atoms with Gasteiger partial charge in [0.05, 0.1) is 18.5 Å². The van der Waals surface area contributed by atoms with E-state index in [4.69, 9.17) is 23.4 Å². The molecule has 5 fully saturated rings. The molecule has 5 aliphatic rings. The van der Waals surface area contributed by atoms with Gasteiger partial charge in [-0.05, 0) is 44.9 Å². The van der Waals surface area contributed by atoms with Crippen LogP contribution in [0, 0.1) is 17.8 Å². The van der Waals surface area contributed by atoms with Crippen molar-refractivity contribution in [3.8, 4) is 0 Å². The molecule has 4 saturated heterocycles. The molecule has 0 aromatic heterocycles. The standard InChI is InChI=1S/C16H26O7S/c1-10-5-6-12-14(2,9-19-24(4,17)18)20-13-16(12)11(10)7-8-15(3,21-13)22-23-16/h10-13H,5-9H2,1-4H3/t10-,11+,12?,13+,14-,15-,16-/m1/s1. The van der Waals surface area contributed by atoms with Gasteiger partial charge in [-0.2, -0.15) is 8.42 Å². The molecule has 0 aromatic carbocycles. The first-order valence-electron chi connectivity index (χ1n) is 8.65. The van der Waals surface area contributed by atoms with Crippen LogP contribution >= 0.6 is 0 Å². The van der Waals surface area contributed by atoms with E-state index in [1.807, 2.05) is 13.8 Å². The van der Waals surface area contributed by atoms with Crippen LogP contribution in [0.25, 0.3) is 0 Å². The van der Waals surface area contributed by atoms with E-state index in [0.717, 1.165) is 31.9 Å². The Balaban J connectivity index is 1.72. The van der Waals surface area contributed by atoms with Crippen molar-refractivity contribution in [2.75, 3.05) is 12.9 Å². The number of hydrogen-bond donors (Lipinski definition) is 0. The molecule has 0 amide bonds. The van der Waals surface area contributed by atoms with Gasteiger partial charge < -0.3 is 9.47 Å². The van der Waals surface area contributed by atoms with E-state index < -0.39 is 33.4 Å². The van der Waals surface area contributed by atoms with Crippen LogP contribution in [0.5, 0.6) is 0 Å². The van der Waals surface area contributed by atoms with Crippen molar-refractivity contribution in [2.24, 2.45) is 17.8 Å². The lowest BCUT2D eigenvalue weighted by molar-refractivity contribution is -0.541. The summed E-state index contributed by atoms with van der Waals surface area (Å²) in [6.07, 6.45) is 4.09. The molecule has 4 heterocycles. The number of rotatable bonds is 3. The van der Waals surface area contributed by atoms with Gasteiger partial charge in [-0.3, -0.25) is 4.18 Å². The number of fused-ring (bicyclic) bond motifs is 2. The van der Waals surface area contributed by atoms with Crippen LogP contribution < -0.4 is 0 Å². The SMILES string of the molecule is C[C@@H]1CCC2[C@]34OO[C@](C)(CC[C@@H]13)O[C@@H]4O[C@]2(C)COS(C)(=O)=O. The lowest BCUT2D eigenvalue weighted by Gasteiger charge is -2.50. The van der Waals surface area contributed by atoms with Crippen LogP contribution in [0.4, 0.5) is 0 Å². The Hall–Kier alpha value is -0.250. The van der Waals surface area contributed by atoms with Gasteiger partial charge in [0.25, 0.3) is 10.1 Å². The molecule has 0 N–H and O–H groups in total. The maximum atomic E-state index is 11.5. The second-order valence-corrected chi connectivity index (χ2v) is 9.90. The topological polar surface area (TPSA) is 80.3 Å². The van der Waals surface area contributed by atoms with E-state index >= 15 is 0 Å². The first kappa shape index (κ1) is 17.2. The minimum absolute atomic E-state index is 0.0411. The van der Waals surface area contributed by atoms with Gasteiger partial charge >= 0.3 is 0 Å². The van der Waals surface area contributed by atoms with Crippen molar-refractivity contribution in [3.63, 3.8) is 0 Å². The summed E-state index contributed by atoms with van der Waals surface area (Å²) >= 11 is 0. The molecule has 4 aliphatic heterocycles. The molecule has 1 saturated carbocycles. The number of ether oxygens (including phenoxy) is 2. The lowest BCUT2D eigenvalue weighted by Crippen LogP contribution is -2.62. The third kappa shape index (κ3) is 2.38. The third-order valence-electron chi connectivity index (χ3n) is 6.39. The molecule has 1 aliphatic carbocycles. The van der Waals surface area contributed by atoms with Crippen LogP contribution in [0.3, 0.4) is 0 Å². The smallest absolute Gasteiger partial charge is 0.264 e. The van der Waals surface area contributed by atoms with Crippen LogP contribution in [-0.2, 0) is 33.6 Å². The summed E-state index contributed by atoms with van der Waals surface area (Å²) in [6, 6.07) is 0. The fourth-order valence-electron chi connectivity index (χ4n) is 5.17. The Labute approximate surface area is 143 Å². The first-order valence-corrected chi connectivity index (χ1v) is 10.5. The molecule has 5 rings (SSSR count). The molecule has 0 aromatic rings. The molecular weight excluding hydrogens is 336 g/mol. The third-order valence-corrected chi connectivity index (χ3v) is 6.94. The Morgan fingerprint density at radius 1 is 1.12 bits per heavy atom. The van der Waals surface area contributed by atoms with E-state index in [2.05, 4.69) is 6.92 Å². The molecule has 7 nitrogen and oxygen atoms in total. The van der Waals surface area contributed by atoms with Gasteiger partial charge in [0, 0.05) is 12.3 Å². The predicted octanol–water partition coefficient (Wildman–Crippen LogP) is 1.97. The zero-order valence-corrected chi connectivity index (χ0v) is 15.4. The molecule has 24 heavy (non-hydrogen) atoms. The van der Waals surface area contributed by atoms with E-state index in [0.29, 0.717) is 5.92 Å². The highest BCUT2D eigenvalue weighted by Crippen LogP contribution is 2.63. The molecule has 8 heteroatoms. The van der Waals surface area contributed by atoms with Gasteiger partial charge in [-0.25, -0.2) is 9.78 Å². The normalized spacial score (nSPS) is 53.7. The van der Waals surface area contributed by atoms with E-state index in [1.165, 1.54) is 0 Å². The van der Waals surface area contributed by atoms with Crippen molar-refractivity contribution in [2.45, 2.75) is 69.7 Å². The van der Waals surface area contributed by atoms with Gasteiger partial charge in [0.2, 0.25) is 5.79 Å². The molecule has 2 bridgehead atoms. The minimum atomic E-state index is -3.55. The average molecular weight is 362 g/mol. The first-order chi connectivity index (χ1) is 11.1. The average Bonchev–Trinajstić information content (AvgIpc) is 2.58. The highest BCUT2D eigenvalue weighted by Gasteiger charge is 2.74. The van der Waals surface area contributed by atoms with Crippen molar-refractivity contribution in [1.29, 1.82) is 0 Å². The second-order valence-electron chi connectivity index (χ2n) is 8.25. The van der Waals surface area contributed by atoms with Crippen molar-refractivity contribution >= 4 is 10.1 Å². The number of hydrogen-bond acceptors (Lipinski definition) is 7. The summed E-state index contributed by atoms with van der Waals surface area (Å²) in [5, 5.41) is 0. The van der Waals surface area contributed by atoms with Gasteiger partial charge in [-0.1, -0.05) is 6.92 Å². The van der Waals surface area contributed by atoms with Crippen LogP contribution in [-0.4, -0.2) is 44.6 Å². The molecule has 1 spiro atoms. The van der Waals surface area contributed by atoms with E-state index in [9.17, 15) is 8.42 Å². The summed E-state index contributed by atoms with van der Waals surface area (Å²) in [6.45, 7) is 5.95. The molecule has 7 atom stereocenters. The van der Waals surface area contributed by atoms with Gasteiger partial charge in [0.1, 0.15) is 0 Å². The molecule has 138 valence electrons. The van der Waals surface area contributed by atoms with E-state index in [1.54, 1.807) is 0 Å². The Bertz CT molecular complexity index is 636. The Kier molecular flexibility index (Phi) is 3.68. The fourth-order valence-corrected chi connectivity index (χ4v) is 5.62. The summed E-state index contributed by atoms with van der Waals surface area (Å²) in [7, 11) is -3.55. The lowest BCUT2D eigenvalue weighted by atomic mass is 9.60. The largest absolute Gasteiger partial charge is 0.340 e. The molecular formula is C16H26O7S. The Morgan fingerprint density at radius 3 is 2.58 bits per heavy atom. The summed E-state index contributed by atoms with van der Waals surface area (Å²) in [5.41, 5.74) is -1.48. The summed E-state index contributed by atoms with van der Waals surface area (Å²) in [5.74, 6) is -0.134. The fraction of sp³-hybridized carbons (Fsp3) is 1.00. The zero-order chi connectivity index (χ0) is 17.4. The maximum absolute atomic E-state index is 11.5. The van der Waals surface area contributed by atoms with Gasteiger partial charge in [-0.15, -0.1) is 0 Å².